The smallest absolute Gasteiger partial charge is 0.258 e. The highest BCUT2D eigenvalue weighted by Crippen LogP contribution is 2.21. The van der Waals surface area contributed by atoms with E-state index in [1.807, 2.05) is 55.5 Å². The van der Waals surface area contributed by atoms with E-state index in [0.29, 0.717) is 23.7 Å². The number of nitrogens with two attached hydrogens (primary N) is 1. The van der Waals surface area contributed by atoms with Gasteiger partial charge in [-0.25, -0.2) is 0 Å². The molecule has 0 saturated heterocycles. The molecule has 0 aromatic heterocycles. The molecular weight excluding hydrogens is 260 g/mol. The van der Waals surface area contributed by atoms with Gasteiger partial charge in [0, 0.05) is 23.5 Å². The maximum atomic E-state index is 12.7. The third kappa shape index (κ3) is 3.43. The zero-order chi connectivity index (χ0) is 15.4. The lowest BCUT2D eigenvalue weighted by Crippen LogP contribution is -2.30. The molecule has 0 saturated carbocycles. The van der Waals surface area contributed by atoms with Gasteiger partial charge in [-0.05, 0) is 48.7 Å². The van der Waals surface area contributed by atoms with Gasteiger partial charge >= 0.3 is 0 Å². The van der Waals surface area contributed by atoms with Gasteiger partial charge in [0.25, 0.3) is 5.91 Å². The van der Waals surface area contributed by atoms with Crippen LogP contribution in [0.5, 0.6) is 0 Å². The molecule has 1 amide bonds. The Labute approximate surface area is 126 Å². The van der Waals surface area contributed by atoms with E-state index in [1.165, 1.54) is 5.56 Å². The first kappa shape index (κ1) is 15.1. The lowest BCUT2D eigenvalue weighted by molar-refractivity contribution is 0.0988. The second-order valence-corrected chi connectivity index (χ2v) is 5.42. The topological polar surface area (TPSA) is 46.3 Å². The Balaban J connectivity index is 2.28. The van der Waals surface area contributed by atoms with Crippen LogP contribution in [0.25, 0.3) is 0 Å². The molecule has 0 radical (unpaired) electrons. The summed E-state index contributed by atoms with van der Waals surface area (Å²) in [5, 5.41) is 0. The van der Waals surface area contributed by atoms with Crippen molar-refractivity contribution in [3.8, 4) is 0 Å². The van der Waals surface area contributed by atoms with E-state index in [1.54, 1.807) is 4.90 Å². The molecule has 0 fully saturated rings. The molecule has 2 aromatic carbocycles. The van der Waals surface area contributed by atoms with Crippen LogP contribution >= 0.6 is 0 Å². The molecule has 0 bridgehead atoms. The average Bonchev–Trinajstić information content (AvgIpc) is 2.48. The molecule has 0 aliphatic heterocycles. The molecule has 0 heterocycles. The number of anilines is 2. The summed E-state index contributed by atoms with van der Waals surface area (Å²) in [6, 6.07) is 15.2. The Bertz CT molecular complexity index is 617. The van der Waals surface area contributed by atoms with Gasteiger partial charge in [-0.2, -0.15) is 0 Å². The zero-order valence-electron chi connectivity index (χ0n) is 12.8. The van der Waals surface area contributed by atoms with E-state index in [9.17, 15) is 4.79 Å². The first-order valence-corrected chi connectivity index (χ1v) is 7.30. The van der Waals surface area contributed by atoms with E-state index in [4.69, 9.17) is 5.73 Å². The maximum absolute atomic E-state index is 12.7. The molecule has 3 heteroatoms. The summed E-state index contributed by atoms with van der Waals surface area (Å²) in [7, 11) is 0. The molecule has 2 aromatic rings. The van der Waals surface area contributed by atoms with Gasteiger partial charge in [-0.3, -0.25) is 4.79 Å². The number of rotatable bonds is 4. The first-order chi connectivity index (χ1) is 10.0. The monoisotopic (exact) mass is 282 g/mol. The van der Waals surface area contributed by atoms with Crippen molar-refractivity contribution in [1.82, 2.24) is 0 Å². The van der Waals surface area contributed by atoms with Crippen molar-refractivity contribution in [3.05, 3.63) is 59.7 Å². The highest BCUT2D eigenvalue weighted by Gasteiger charge is 2.16. The summed E-state index contributed by atoms with van der Waals surface area (Å²) in [6.45, 7) is 6.85. The molecule has 0 unspecified atom stereocenters. The number of carbonyl (C=O) groups is 1. The zero-order valence-corrected chi connectivity index (χ0v) is 12.8. The van der Waals surface area contributed by atoms with E-state index in [2.05, 4.69) is 13.8 Å². The minimum atomic E-state index is -0.00148. The number of nitrogen functional groups attached to an aromatic ring is 1. The van der Waals surface area contributed by atoms with Crippen molar-refractivity contribution in [2.24, 2.45) is 0 Å². The molecule has 0 aliphatic rings. The predicted molar refractivity (Wildman–Crippen MR) is 88.7 cm³/mol. The molecule has 2 N–H and O–H groups in total. The largest absolute Gasteiger partial charge is 0.399 e. The lowest BCUT2D eigenvalue weighted by Gasteiger charge is -2.21. The predicted octanol–water partition coefficient (Wildman–Crippen LogP) is 4.06. The lowest BCUT2D eigenvalue weighted by atomic mass is 10.0. The van der Waals surface area contributed by atoms with Gasteiger partial charge in [0.15, 0.2) is 0 Å². The summed E-state index contributed by atoms with van der Waals surface area (Å²) >= 11 is 0. The van der Waals surface area contributed by atoms with Gasteiger partial charge in [0.05, 0.1) is 0 Å². The average molecular weight is 282 g/mol. The normalized spacial score (nSPS) is 10.7. The number of amides is 1. The van der Waals surface area contributed by atoms with Crippen molar-refractivity contribution in [1.29, 1.82) is 0 Å². The molecule has 2 rings (SSSR count). The number of hydrogen-bond acceptors (Lipinski definition) is 2. The van der Waals surface area contributed by atoms with Crippen LogP contribution in [0.15, 0.2) is 48.5 Å². The van der Waals surface area contributed by atoms with Crippen LogP contribution in [0.4, 0.5) is 11.4 Å². The fourth-order valence-electron chi connectivity index (χ4n) is 2.30. The number of hydrogen-bond donors (Lipinski definition) is 1. The highest BCUT2D eigenvalue weighted by atomic mass is 16.2. The van der Waals surface area contributed by atoms with E-state index in [-0.39, 0.29) is 5.91 Å². The summed E-state index contributed by atoms with van der Waals surface area (Å²) in [5.41, 5.74) is 9.23. The molecular formula is C18H22N2O. The van der Waals surface area contributed by atoms with Crippen LogP contribution in [-0.2, 0) is 0 Å². The Hall–Kier alpha value is -2.29. The Morgan fingerprint density at radius 1 is 1.14 bits per heavy atom. The van der Waals surface area contributed by atoms with Crippen LogP contribution in [0, 0.1) is 0 Å². The van der Waals surface area contributed by atoms with Crippen LogP contribution in [-0.4, -0.2) is 12.5 Å². The van der Waals surface area contributed by atoms with Crippen LogP contribution in [0.3, 0.4) is 0 Å². The fraction of sp³-hybridized carbons (Fsp3) is 0.278. The van der Waals surface area contributed by atoms with Crippen LogP contribution < -0.4 is 10.6 Å². The van der Waals surface area contributed by atoms with Gasteiger partial charge in [-0.15, -0.1) is 0 Å². The SMILES string of the molecule is CCN(C(=O)c1ccc(C(C)C)cc1)c1cccc(N)c1. The molecule has 0 atom stereocenters. The first-order valence-electron chi connectivity index (χ1n) is 7.30. The molecule has 0 aliphatic carbocycles. The van der Waals surface area contributed by atoms with Crippen molar-refractivity contribution in [2.75, 3.05) is 17.2 Å². The molecule has 0 spiro atoms. The third-order valence-corrected chi connectivity index (χ3v) is 3.57. The van der Waals surface area contributed by atoms with Crippen molar-refractivity contribution < 1.29 is 4.79 Å². The van der Waals surface area contributed by atoms with Crippen molar-refractivity contribution >= 4 is 17.3 Å². The molecule has 3 nitrogen and oxygen atoms in total. The van der Waals surface area contributed by atoms with Crippen molar-refractivity contribution in [3.63, 3.8) is 0 Å². The Morgan fingerprint density at radius 3 is 2.33 bits per heavy atom. The fourth-order valence-corrected chi connectivity index (χ4v) is 2.30. The van der Waals surface area contributed by atoms with E-state index in [0.717, 1.165) is 5.69 Å². The number of benzene rings is 2. The van der Waals surface area contributed by atoms with Crippen molar-refractivity contribution in [2.45, 2.75) is 26.7 Å². The van der Waals surface area contributed by atoms with E-state index < -0.39 is 0 Å². The third-order valence-electron chi connectivity index (χ3n) is 3.57. The second kappa shape index (κ2) is 6.44. The Morgan fingerprint density at radius 2 is 1.81 bits per heavy atom. The van der Waals surface area contributed by atoms with Crippen LogP contribution in [0.1, 0.15) is 42.6 Å². The second-order valence-electron chi connectivity index (χ2n) is 5.42. The highest BCUT2D eigenvalue weighted by molar-refractivity contribution is 6.06. The number of nitrogens with zero attached hydrogens (tertiary/aromatic N) is 1. The summed E-state index contributed by atoms with van der Waals surface area (Å²) in [6.07, 6.45) is 0. The molecule has 21 heavy (non-hydrogen) atoms. The molecule has 110 valence electrons. The summed E-state index contributed by atoms with van der Waals surface area (Å²) in [4.78, 5) is 14.4. The minimum Gasteiger partial charge on any atom is -0.399 e. The number of carbonyl (C=O) groups excluding carboxylic acids is 1. The quantitative estimate of drug-likeness (QED) is 0.860. The van der Waals surface area contributed by atoms with Crippen LogP contribution in [0.2, 0.25) is 0 Å². The maximum Gasteiger partial charge on any atom is 0.258 e. The van der Waals surface area contributed by atoms with Gasteiger partial charge in [0.1, 0.15) is 0 Å². The Kier molecular flexibility index (Phi) is 4.63. The van der Waals surface area contributed by atoms with Gasteiger partial charge in [-0.1, -0.05) is 32.0 Å². The summed E-state index contributed by atoms with van der Waals surface area (Å²) < 4.78 is 0. The van der Waals surface area contributed by atoms with Gasteiger partial charge in [0.2, 0.25) is 0 Å². The van der Waals surface area contributed by atoms with E-state index >= 15 is 0 Å². The standard InChI is InChI=1S/C18H22N2O/c1-4-20(17-7-5-6-16(19)12-17)18(21)15-10-8-14(9-11-15)13(2)3/h5-13H,4,19H2,1-3H3. The summed E-state index contributed by atoms with van der Waals surface area (Å²) in [5.74, 6) is 0.462. The minimum absolute atomic E-state index is 0.00148. The van der Waals surface area contributed by atoms with Gasteiger partial charge < -0.3 is 10.6 Å².